The molecule has 0 aliphatic heterocycles. The third kappa shape index (κ3) is 5.46. The van der Waals surface area contributed by atoms with Crippen LogP contribution in [0.2, 0.25) is 0 Å². The number of fused-ring (bicyclic) bond motifs is 3. The highest BCUT2D eigenvalue weighted by molar-refractivity contribution is 7.92. The molecular formula is C23H19F3N2O6S2. The molecule has 4 rings (SSSR count). The predicted molar refractivity (Wildman–Crippen MR) is 128 cm³/mol. The highest BCUT2D eigenvalue weighted by Crippen LogP contribution is 2.47. The standard InChI is InChI=1S/C23H19F3N2O6S2/c1-36(33,34)28-14-4-2-3-12(8-14)20(30)27-21-19(22(31)32)18-15-9-16(29)13(10-23(24,25)26)7-11(15)5-6-17(18)35-21/h2-4,7-9,28-29H,5-6,10H2,1H3,(H,27,30)(H,31,32). The predicted octanol–water partition coefficient (Wildman–Crippen LogP) is 4.65. The lowest BCUT2D eigenvalue weighted by Crippen LogP contribution is -2.15. The third-order valence-corrected chi connectivity index (χ3v) is 7.21. The van der Waals surface area contributed by atoms with Gasteiger partial charge in [-0.2, -0.15) is 13.2 Å². The Labute approximate surface area is 207 Å². The SMILES string of the molecule is CS(=O)(=O)Nc1cccc(C(=O)Nc2sc3c(c2C(=O)O)-c2cc(O)c(CC(F)(F)F)cc2CC3)c1. The van der Waals surface area contributed by atoms with Crippen molar-refractivity contribution < 1.29 is 41.4 Å². The average Bonchev–Trinajstić information content (AvgIpc) is 3.11. The zero-order valence-electron chi connectivity index (χ0n) is 18.6. The lowest BCUT2D eigenvalue weighted by molar-refractivity contribution is -0.127. The van der Waals surface area contributed by atoms with Crippen LogP contribution in [0, 0.1) is 0 Å². The Balaban J connectivity index is 1.72. The maximum absolute atomic E-state index is 12.9. The maximum atomic E-state index is 12.9. The summed E-state index contributed by atoms with van der Waals surface area (Å²) in [6.45, 7) is 0. The molecule has 8 nitrogen and oxygen atoms in total. The van der Waals surface area contributed by atoms with Crippen molar-refractivity contribution in [2.24, 2.45) is 0 Å². The van der Waals surface area contributed by atoms with Crippen molar-refractivity contribution in [1.29, 1.82) is 0 Å². The van der Waals surface area contributed by atoms with Gasteiger partial charge in [0.1, 0.15) is 16.3 Å². The molecule has 0 spiro atoms. The lowest BCUT2D eigenvalue weighted by Gasteiger charge is -2.20. The molecule has 4 N–H and O–H groups in total. The van der Waals surface area contributed by atoms with Gasteiger partial charge in [0, 0.05) is 27.3 Å². The van der Waals surface area contributed by atoms with Crippen LogP contribution in [0.1, 0.15) is 36.7 Å². The fourth-order valence-corrected chi connectivity index (χ4v) is 5.83. The summed E-state index contributed by atoms with van der Waals surface area (Å²) in [5.74, 6) is -2.64. The molecule has 1 heterocycles. The highest BCUT2D eigenvalue weighted by atomic mass is 32.2. The monoisotopic (exact) mass is 540 g/mol. The largest absolute Gasteiger partial charge is 0.508 e. The molecule has 0 fully saturated rings. The number of amides is 1. The van der Waals surface area contributed by atoms with Crippen LogP contribution in [0.3, 0.4) is 0 Å². The number of halogens is 3. The first-order valence-electron chi connectivity index (χ1n) is 10.4. The van der Waals surface area contributed by atoms with Crippen molar-refractivity contribution in [2.75, 3.05) is 16.3 Å². The van der Waals surface area contributed by atoms with E-state index in [1.54, 1.807) is 0 Å². The number of aryl methyl sites for hydroxylation is 2. The van der Waals surface area contributed by atoms with Gasteiger partial charge in [0.25, 0.3) is 5.91 Å². The van der Waals surface area contributed by atoms with E-state index in [2.05, 4.69) is 10.0 Å². The third-order valence-electron chi connectivity index (χ3n) is 5.44. The van der Waals surface area contributed by atoms with Gasteiger partial charge in [-0.3, -0.25) is 9.52 Å². The zero-order valence-corrected chi connectivity index (χ0v) is 20.2. The summed E-state index contributed by atoms with van der Waals surface area (Å²) in [5.41, 5.74) is 0.691. The van der Waals surface area contributed by atoms with E-state index < -0.39 is 40.2 Å². The van der Waals surface area contributed by atoms with E-state index >= 15 is 0 Å². The van der Waals surface area contributed by atoms with E-state index in [0.29, 0.717) is 28.8 Å². The fraction of sp³-hybridized carbons (Fsp3) is 0.217. The minimum absolute atomic E-state index is 0.0192. The van der Waals surface area contributed by atoms with E-state index in [4.69, 9.17) is 0 Å². The van der Waals surface area contributed by atoms with Gasteiger partial charge in [0.15, 0.2) is 0 Å². The second kappa shape index (κ2) is 9.13. The molecule has 1 amide bonds. The van der Waals surface area contributed by atoms with E-state index in [1.165, 1.54) is 30.3 Å². The first-order valence-corrected chi connectivity index (χ1v) is 13.1. The van der Waals surface area contributed by atoms with Crippen LogP contribution in [0.15, 0.2) is 36.4 Å². The van der Waals surface area contributed by atoms with Crippen molar-refractivity contribution in [3.8, 4) is 16.9 Å². The van der Waals surface area contributed by atoms with Crippen molar-refractivity contribution in [1.82, 2.24) is 0 Å². The number of thiophene rings is 1. The number of nitrogens with one attached hydrogen (secondary N) is 2. The number of alkyl halides is 3. The summed E-state index contributed by atoms with van der Waals surface area (Å²) in [4.78, 5) is 25.7. The second-order valence-corrected chi connectivity index (χ2v) is 11.1. The molecule has 0 saturated heterocycles. The van der Waals surface area contributed by atoms with Crippen LogP contribution in [-0.4, -0.2) is 42.9 Å². The van der Waals surface area contributed by atoms with Crippen molar-refractivity contribution in [3.05, 3.63) is 63.5 Å². The Morgan fingerprint density at radius 3 is 2.50 bits per heavy atom. The molecular weight excluding hydrogens is 521 g/mol. The first kappa shape index (κ1) is 25.5. The van der Waals surface area contributed by atoms with Gasteiger partial charge in [-0.1, -0.05) is 12.1 Å². The molecule has 0 atom stereocenters. The summed E-state index contributed by atoms with van der Waals surface area (Å²) in [7, 11) is -3.58. The van der Waals surface area contributed by atoms with Crippen LogP contribution >= 0.6 is 11.3 Å². The lowest BCUT2D eigenvalue weighted by atomic mass is 9.86. The minimum atomic E-state index is -4.52. The molecule has 1 aromatic heterocycles. The molecule has 0 unspecified atom stereocenters. The first-order chi connectivity index (χ1) is 16.7. The van der Waals surface area contributed by atoms with Gasteiger partial charge < -0.3 is 15.5 Å². The van der Waals surface area contributed by atoms with Crippen LogP contribution in [0.25, 0.3) is 11.1 Å². The summed E-state index contributed by atoms with van der Waals surface area (Å²) >= 11 is 1.03. The number of aromatic carboxylic acids is 1. The van der Waals surface area contributed by atoms with Gasteiger partial charge in [-0.05, 0) is 48.2 Å². The quantitative estimate of drug-likeness (QED) is 0.360. The van der Waals surface area contributed by atoms with Gasteiger partial charge in [0.05, 0.1) is 12.7 Å². The average molecular weight is 541 g/mol. The highest BCUT2D eigenvalue weighted by Gasteiger charge is 2.33. The Kier molecular flexibility index (Phi) is 6.47. The fourth-order valence-electron chi connectivity index (χ4n) is 4.07. The van der Waals surface area contributed by atoms with E-state index in [-0.39, 0.29) is 32.9 Å². The minimum Gasteiger partial charge on any atom is -0.508 e. The molecule has 0 bridgehead atoms. The number of anilines is 2. The smallest absolute Gasteiger partial charge is 0.393 e. The van der Waals surface area contributed by atoms with E-state index in [9.17, 15) is 41.4 Å². The van der Waals surface area contributed by atoms with Gasteiger partial charge in [-0.25, -0.2) is 13.2 Å². The number of carbonyl (C=O) groups excluding carboxylic acids is 1. The van der Waals surface area contributed by atoms with E-state index in [1.807, 2.05) is 0 Å². The summed E-state index contributed by atoms with van der Waals surface area (Å²) in [6, 6.07) is 7.99. The molecule has 3 aromatic rings. The molecule has 1 aliphatic carbocycles. The molecule has 2 aromatic carbocycles. The van der Waals surface area contributed by atoms with Gasteiger partial charge in [0.2, 0.25) is 10.0 Å². The topological polar surface area (TPSA) is 133 Å². The summed E-state index contributed by atoms with van der Waals surface area (Å²) in [6.07, 6.45) is -4.21. The van der Waals surface area contributed by atoms with Crippen molar-refractivity contribution in [2.45, 2.75) is 25.4 Å². The Bertz CT molecular complexity index is 1500. The van der Waals surface area contributed by atoms with Crippen molar-refractivity contribution in [3.63, 3.8) is 0 Å². The van der Waals surface area contributed by atoms with Crippen LogP contribution in [-0.2, 0) is 29.3 Å². The summed E-state index contributed by atoms with van der Waals surface area (Å²) in [5, 5.41) is 22.7. The van der Waals surface area contributed by atoms with Crippen LogP contribution < -0.4 is 10.0 Å². The molecule has 0 radical (unpaired) electrons. The normalized spacial score (nSPS) is 13.0. The van der Waals surface area contributed by atoms with Crippen LogP contribution in [0.5, 0.6) is 5.75 Å². The number of sulfonamides is 1. The Hall–Kier alpha value is -3.58. The second-order valence-electron chi connectivity index (χ2n) is 8.25. The van der Waals surface area contributed by atoms with Crippen LogP contribution in [0.4, 0.5) is 23.9 Å². The number of carbonyl (C=O) groups is 2. The van der Waals surface area contributed by atoms with E-state index in [0.717, 1.165) is 23.7 Å². The number of carboxylic acid groups (broad SMARTS) is 1. The molecule has 13 heteroatoms. The number of carboxylic acids is 1. The number of hydrogen-bond donors (Lipinski definition) is 4. The summed E-state index contributed by atoms with van der Waals surface area (Å²) < 4.78 is 63.8. The van der Waals surface area contributed by atoms with Crippen molar-refractivity contribution >= 4 is 43.9 Å². The number of phenols is 1. The number of hydrogen-bond acceptors (Lipinski definition) is 6. The van der Waals surface area contributed by atoms with Gasteiger partial charge >= 0.3 is 12.1 Å². The number of benzene rings is 2. The number of phenolic OH excluding ortho intramolecular Hbond substituents is 1. The molecule has 36 heavy (non-hydrogen) atoms. The van der Waals surface area contributed by atoms with Gasteiger partial charge in [-0.15, -0.1) is 11.3 Å². The number of aromatic hydroxyl groups is 1. The maximum Gasteiger partial charge on any atom is 0.393 e. The Morgan fingerprint density at radius 1 is 1.14 bits per heavy atom. The molecule has 190 valence electrons. The Morgan fingerprint density at radius 2 is 1.86 bits per heavy atom. The molecule has 1 aliphatic rings. The number of rotatable bonds is 6. The molecule has 0 saturated carbocycles. The zero-order chi connectivity index (χ0) is 26.4.